The summed E-state index contributed by atoms with van der Waals surface area (Å²) in [6.07, 6.45) is 0. The van der Waals surface area contributed by atoms with Crippen LogP contribution in [0, 0.1) is 0 Å². The molecule has 0 aliphatic rings. The first-order valence-corrected chi connectivity index (χ1v) is 5.52. The highest BCUT2D eigenvalue weighted by atomic mass is 35.5. The van der Waals surface area contributed by atoms with Crippen LogP contribution < -0.4 is 11.1 Å². The van der Waals surface area contributed by atoms with Gasteiger partial charge in [0.1, 0.15) is 11.5 Å². The monoisotopic (exact) mass is 236 g/mol. The van der Waals surface area contributed by atoms with Crippen LogP contribution in [0.1, 0.15) is 11.5 Å². The summed E-state index contributed by atoms with van der Waals surface area (Å²) >= 11 is 1.80. The first kappa shape index (κ1) is 13.8. The second-order valence-electron chi connectivity index (χ2n) is 2.74. The molecule has 0 saturated heterocycles. The zero-order chi connectivity index (χ0) is 9.52. The summed E-state index contributed by atoms with van der Waals surface area (Å²) < 4.78 is 5.55. The maximum Gasteiger partial charge on any atom is 0.117 e. The van der Waals surface area contributed by atoms with Gasteiger partial charge in [0.05, 0.1) is 12.3 Å². The van der Waals surface area contributed by atoms with E-state index in [0.29, 0.717) is 0 Å². The minimum atomic E-state index is 0. The van der Waals surface area contributed by atoms with Crippen LogP contribution in [-0.4, -0.2) is 19.3 Å². The normalized spacial score (nSPS) is 9.86. The number of furan rings is 1. The van der Waals surface area contributed by atoms with Crippen molar-refractivity contribution in [2.75, 3.05) is 19.3 Å². The Morgan fingerprint density at radius 1 is 1.43 bits per heavy atom. The van der Waals surface area contributed by atoms with E-state index in [1.54, 1.807) is 11.8 Å². The lowest BCUT2D eigenvalue weighted by molar-refractivity contribution is 0.469. The molecule has 1 aromatic heterocycles. The van der Waals surface area contributed by atoms with Crippen LogP contribution in [0.25, 0.3) is 0 Å². The van der Waals surface area contributed by atoms with Crippen LogP contribution in [0.4, 0.5) is 0 Å². The van der Waals surface area contributed by atoms with Gasteiger partial charge in [-0.2, -0.15) is 11.8 Å². The van der Waals surface area contributed by atoms with Gasteiger partial charge in [-0.3, -0.25) is 0 Å². The maximum absolute atomic E-state index is 5.55. The minimum absolute atomic E-state index is 0. The molecule has 3 nitrogen and oxygen atoms in total. The minimum Gasteiger partial charge on any atom is -0.464 e. The van der Waals surface area contributed by atoms with Gasteiger partial charge in [-0.25, -0.2) is 0 Å². The SMILES string of the molecule is CNCc1ccc(CSCCN)o1.Cl. The molecule has 0 fully saturated rings. The number of hydrogen-bond acceptors (Lipinski definition) is 4. The Morgan fingerprint density at radius 2 is 2.14 bits per heavy atom. The van der Waals surface area contributed by atoms with E-state index in [2.05, 4.69) is 5.32 Å². The van der Waals surface area contributed by atoms with E-state index in [0.717, 1.165) is 36.1 Å². The fraction of sp³-hybridized carbons (Fsp3) is 0.556. The summed E-state index contributed by atoms with van der Waals surface area (Å²) in [5.74, 6) is 3.93. The number of nitrogens with two attached hydrogens (primary N) is 1. The Balaban J connectivity index is 0.00000169. The summed E-state index contributed by atoms with van der Waals surface area (Å²) in [5, 5.41) is 3.04. The number of rotatable bonds is 6. The zero-order valence-electron chi connectivity index (χ0n) is 8.29. The van der Waals surface area contributed by atoms with Crippen molar-refractivity contribution in [3.05, 3.63) is 23.7 Å². The fourth-order valence-electron chi connectivity index (χ4n) is 1.03. The maximum atomic E-state index is 5.55. The van der Waals surface area contributed by atoms with Gasteiger partial charge in [0.15, 0.2) is 0 Å². The zero-order valence-corrected chi connectivity index (χ0v) is 9.92. The molecule has 5 heteroatoms. The fourth-order valence-corrected chi connectivity index (χ4v) is 1.69. The lowest BCUT2D eigenvalue weighted by Gasteiger charge is -1.96. The van der Waals surface area contributed by atoms with E-state index >= 15 is 0 Å². The van der Waals surface area contributed by atoms with E-state index in [1.165, 1.54) is 0 Å². The van der Waals surface area contributed by atoms with Crippen molar-refractivity contribution < 1.29 is 4.42 Å². The van der Waals surface area contributed by atoms with Crippen molar-refractivity contribution in [3.8, 4) is 0 Å². The Hall–Kier alpha value is -0.160. The van der Waals surface area contributed by atoms with E-state index in [4.69, 9.17) is 10.2 Å². The molecule has 1 heterocycles. The molecule has 3 N–H and O–H groups in total. The smallest absolute Gasteiger partial charge is 0.117 e. The van der Waals surface area contributed by atoms with Gasteiger partial charge in [0.25, 0.3) is 0 Å². The van der Waals surface area contributed by atoms with Crippen molar-refractivity contribution >= 4 is 24.2 Å². The van der Waals surface area contributed by atoms with Crippen molar-refractivity contribution in [3.63, 3.8) is 0 Å². The third-order valence-corrected chi connectivity index (χ3v) is 2.59. The average molecular weight is 237 g/mol. The van der Waals surface area contributed by atoms with E-state index < -0.39 is 0 Å². The number of halogens is 1. The van der Waals surface area contributed by atoms with Gasteiger partial charge < -0.3 is 15.5 Å². The molecular formula is C9H17ClN2OS. The summed E-state index contributed by atoms with van der Waals surface area (Å²) in [7, 11) is 1.91. The highest BCUT2D eigenvalue weighted by molar-refractivity contribution is 7.98. The summed E-state index contributed by atoms with van der Waals surface area (Å²) in [6, 6.07) is 4.03. The van der Waals surface area contributed by atoms with Gasteiger partial charge in [-0.15, -0.1) is 12.4 Å². The average Bonchev–Trinajstić information content (AvgIpc) is 2.54. The molecular weight excluding hydrogens is 220 g/mol. The molecule has 0 aromatic carbocycles. The first-order valence-electron chi connectivity index (χ1n) is 4.37. The topological polar surface area (TPSA) is 51.2 Å². The lowest BCUT2D eigenvalue weighted by Crippen LogP contribution is -2.03. The lowest BCUT2D eigenvalue weighted by atomic mass is 10.4. The molecule has 1 aromatic rings. The predicted molar refractivity (Wildman–Crippen MR) is 63.9 cm³/mol. The Labute approximate surface area is 95.2 Å². The van der Waals surface area contributed by atoms with Crippen LogP contribution in [-0.2, 0) is 12.3 Å². The highest BCUT2D eigenvalue weighted by Gasteiger charge is 2.00. The molecule has 0 unspecified atom stereocenters. The van der Waals surface area contributed by atoms with Crippen LogP contribution in [0.2, 0.25) is 0 Å². The van der Waals surface area contributed by atoms with Gasteiger partial charge in [-0.1, -0.05) is 0 Å². The van der Waals surface area contributed by atoms with Crippen LogP contribution in [0.3, 0.4) is 0 Å². The molecule has 0 spiro atoms. The van der Waals surface area contributed by atoms with E-state index in [9.17, 15) is 0 Å². The first-order chi connectivity index (χ1) is 6.36. The van der Waals surface area contributed by atoms with Crippen LogP contribution >= 0.6 is 24.2 Å². The number of thioether (sulfide) groups is 1. The molecule has 0 atom stereocenters. The van der Waals surface area contributed by atoms with Crippen LogP contribution in [0.5, 0.6) is 0 Å². The largest absolute Gasteiger partial charge is 0.464 e. The van der Waals surface area contributed by atoms with Crippen LogP contribution in [0.15, 0.2) is 16.5 Å². The third-order valence-electron chi connectivity index (χ3n) is 1.57. The molecule has 0 bridgehead atoms. The predicted octanol–water partition coefficient (Wildman–Crippen LogP) is 1.61. The second-order valence-corrected chi connectivity index (χ2v) is 3.84. The standard InChI is InChI=1S/C9H16N2OS.ClH/c1-11-6-8-2-3-9(12-8)7-13-5-4-10;/h2-3,11H,4-7,10H2,1H3;1H. The van der Waals surface area contributed by atoms with Crippen molar-refractivity contribution in [1.29, 1.82) is 0 Å². The van der Waals surface area contributed by atoms with Gasteiger partial charge >= 0.3 is 0 Å². The molecule has 82 valence electrons. The molecule has 0 aliphatic heterocycles. The highest BCUT2D eigenvalue weighted by Crippen LogP contribution is 2.14. The second kappa shape index (κ2) is 8.17. The van der Waals surface area contributed by atoms with Gasteiger partial charge in [0, 0.05) is 12.3 Å². The van der Waals surface area contributed by atoms with E-state index in [-0.39, 0.29) is 12.4 Å². The molecule has 0 amide bonds. The Morgan fingerprint density at radius 3 is 2.79 bits per heavy atom. The molecule has 0 radical (unpaired) electrons. The summed E-state index contributed by atoms with van der Waals surface area (Å²) in [4.78, 5) is 0. The van der Waals surface area contributed by atoms with Gasteiger partial charge in [-0.05, 0) is 19.2 Å². The van der Waals surface area contributed by atoms with E-state index in [1.807, 2.05) is 19.2 Å². The molecule has 14 heavy (non-hydrogen) atoms. The summed E-state index contributed by atoms with van der Waals surface area (Å²) in [6.45, 7) is 1.52. The molecule has 0 aliphatic carbocycles. The third kappa shape index (κ3) is 4.91. The van der Waals surface area contributed by atoms with Crippen molar-refractivity contribution in [2.45, 2.75) is 12.3 Å². The number of nitrogens with one attached hydrogen (secondary N) is 1. The quantitative estimate of drug-likeness (QED) is 0.737. The van der Waals surface area contributed by atoms with Crippen molar-refractivity contribution in [1.82, 2.24) is 5.32 Å². The molecule has 0 saturated carbocycles. The van der Waals surface area contributed by atoms with Crippen molar-refractivity contribution in [2.24, 2.45) is 5.73 Å². The molecule has 1 rings (SSSR count). The van der Waals surface area contributed by atoms with Gasteiger partial charge in [0.2, 0.25) is 0 Å². The number of hydrogen-bond donors (Lipinski definition) is 2. The summed E-state index contributed by atoms with van der Waals surface area (Å²) in [5.41, 5.74) is 5.38. The Bertz CT molecular complexity index is 242. The Kier molecular flexibility index (Phi) is 8.08.